The van der Waals surface area contributed by atoms with Crippen molar-refractivity contribution < 1.29 is 4.74 Å². The number of aryl methyl sites for hydroxylation is 1. The molecule has 0 saturated heterocycles. The second-order valence-corrected chi connectivity index (χ2v) is 6.44. The fourth-order valence-electron chi connectivity index (χ4n) is 2.85. The van der Waals surface area contributed by atoms with Gasteiger partial charge in [0.15, 0.2) is 5.96 Å². The minimum atomic E-state index is 0.451. The Labute approximate surface area is 162 Å². The molecular weight excluding hydrogens is 340 g/mol. The van der Waals surface area contributed by atoms with Gasteiger partial charge >= 0.3 is 0 Å². The Bertz CT molecular complexity index is 695. The van der Waals surface area contributed by atoms with Crippen LogP contribution in [0.25, 0.3) is 0 Å². The highest BCUT2D eigenvalue weighted by molar-refractivity contribution is 5.79. The first-order valence-electron chi connectivity index (χ1n) is 9.70. The lowest BCUT2D eigenvalue weighted by atomic mass is 9.98. The highest BCUT2D eigenvalue weighted by Crippen LogP contribution is 2.21. The Morgan fingerprint density at radius 2 is 2.00 bits per heavy atom. The summed E-state index contributed by atoms with van der Waals surface area (Å²) in [6.45, 7) is 9.61. The van der Waals surface area contributed by atoms with E-state index in [-0.39, 0.29) is 0 Å². The molecule has 2 aromatic rings. The number of rotatable bonds is 10. The van der Waals surface area contributed by atoms with Gasteiger partial charge in [0.2, 0.25) is 0 Å². The van der Waals surface area contributed by atoms with Crippen molar-refractivity contribution >= 4 is 5.96 Å². The molecule has 1 unspecified atom stereocenters. The smallest absolute Gasteiger partial charge is 0.191 e. The van der Waals surface area contributed by atoms with Crippen LogP contribution in [0.3, 0.4) is 0 Å². The molecule has 0 amide bonds. The van der Waals surface area contributed by atoms with Gasteiger partial charge in [0.1, 0.15) is 17.9 Å². The van der Waals surface area contributed by atoms with Crippen LogP contribution in [0.1, 0.15) is 44.5 Å². The molecule has 148 valence electrons. The summed E-state index contributed by atoms with van der Waals surface area (Å²) in [6.07, 6.45) is 3.66. The van der Waals surface area contributed by atoms with Crippen LogP contribution in [0.5, 0.6) is 5.75 Å². The topological polar surface area (TPSA) is 76.4 Å². The lowest BCUT2D eigenvalue weighted by Crippen LogP contribution is -2.39. The van der Waals surface area contributed by atoms with Gasteiger partial charge in [-0.05, 0) is 37.0 Å². The summed E-state index contributed by atoms with van der Waals surface area (Å²) in [5, 5.41) is 14.8. The van der Waals surface area contributed by atoms with Gasteiger partial charge in [0, 0.05) is 32.6 Å². The fourth-order valence-corrected chi connectivity index (χ4v) is 2.85. The summed E-state index contributed by atoms with van der Waals surface area (Å²) in [4.78, 5) is 4.70. The molecule has 1 aromatic carbocycles. The summed E-state index contributed by atoms with van der Waals surface area (Å²) >= 11 is 0. The molecule has 0 aliphatic rings. The van der Waals surface area contributed by atoms with Crippen molar-refractivity contribution in [2.75, 3.05) is 26.7 Å². The van der Waals surface area contributed by atoms with Gasteiger partial charge in [-0.2, -0.15) is 0 Å². The molecule has 7 heteroatoms. The summed E-state index contributed by atoms with van der Waals surface area (Å²) < 4.78 is 7.29. The SMILES string of the molecule is CCNC(=NCCC(C)c1ccc(OC)cc1)NCCn1cnnc1CC. The zero-order valence-electron chi connectivity index (χ0n) is 16.9. The molecule has 0 bridgehead atoms. The van der Waals surface area contributed by atoms with Gasteiger partial charge in [-0.1, -0.05) is 26.0 Å². The molecule has 2 N–H and O–H groups in total. The number of hydrogen-bond acceptors (Lipinski definition) is 4. The lowest BCUT2D eigenvalue weighted by molar-refractivity contribution is 0.414. The van der Waals surface area contributed by atoms with E-state index in [9.17, 15) is 0 Å². The average Bonchev–Trinajstić information content (AvgIpc) is 3.15. The molecule has 7 nitrogen and oxygen atoms in total. The molecule has 0 saturated carbocycles. The van der Waals surface area contributed by atoms with E-state index in [2.05, 4.69) is 58.3 Å². The van der Waals surface area contributed by atoms with Gasteiger partial charge in [-0.15, -0.1) is 10.2 Å². The average molecular weight is 373 g/mol. The van der Waals surface area contributed by atoms with Crippen molar-refractivity contribution in [3.63, 3.8) is 0 Å². The Kier molecular flexibility index (Phi) is 8.61. The predicted octanol–water partition coefficient (Wildman–Crippen LogP) is 2.60. The van der Waals surface area contributed by atoms with Gasteiger partial charge in [0.05, 0.1) is 7.11 Å². The Morgan fingerprint density at radius 3 is 2.67 bits per heavy atom. The van der Waals surface area contributed by atoms with E-state index in [1.807, 2.05) is 12.1 Å². The molecule has 0 radical (unpaired) electrons. The van der Waals surface area contributed by atoms with Gasteiger partial charge in [-0.25, -0.2) is 0 Å². The first kappa shape index (κ1) is 20.7. The molecule has 27 heavy (non-hydrogen) atoms. The zero-order valence-corrected chi connectivity index (χ0v) is 16.9. The quantitative estimate of drug-likeness (QED) is 0.495. The maximum Gasteiger partial charge on any atom is 0.191 e. The number of guanidine groups is 1. The van der Waals surface area contributed by atoms with Gasteiger partial charge in [0.25, 0.3) is 0 Å². The van der Waals surface area contributed by atoms with E-state index in [1.54, 1.807) is 13.4 Å². The van der Waals surface area contributed by atoms with Crippen molar-refractivity contribution in [1.82, 2.24) is 25.4 Å². The van der Waals surface area contributed by atoms with E-state index >= 15 is 0 Å². The first-order chi connectivity index (χ1) is 13.2. The van der Waals surface area contributed by atoms with Crippen molar-refractivity contribution in [3.8, 4) is 5.75 Å². The van der Waals surface area contributed by atoms with E-state index in [0.29, 0.717) is 5.92 Å². The number of aromatic nitrogens is 3. The van der Waals surface area contributed by atoms with Crippen LogP contribution in [0.2, 0.25) is 0 Å². The molecule has 0 aliphatic heterocycles. The number of benzene rings is 1. The number of nitrogens with one attached hydrogen (secondary N) is 2. The van der Waals surface area contributed by atoms with Crippen LogP contribution in [-0.4, -0.2) is 47.5 Å². The van der Waals surface area contributed by atoms with Crippen molar-refractivity contribution in [1.29, 1.82) is 0 Å². The van der Waals surface area contributed by atoms with Crippen LogP contribution in [0, 0.1) is 0 Å². The number of hydrogen-bond donors (Lipinski definition) is 2. The van der Waals surface area contributed by atoms with Crippen molar-refractivity contribution in [2.24, 2.45) is 4.99 Å². The summed E-state index contributed by atoms with van der Waals surface area (Å²) in [7, 11) is 1.69. The largest absolute Gasteiger partial charge is 0.497 e. The second kappa shape index (κ2) is 11.2. The zero-order chi connectivity index (χ0) is 19.5. The molecule has 2 rings (SSSR count). The third-order valence-corrected chi connectivity index (χ3v) is 4.52. The van der Waals surface area contributed by atoms with Crippen LogP contribution in [-0.2, 0) is 13.0 Å². The normalized spacial score (nSPS) is 12.7. The van der Waals surface area contributed by atoms with Crippen LogP contribution in [0.15, 0.2) is 35.6 Å². The first-order valence-corrected chi connectivity index (χ1v) is 9.70. The maximum absolute atomic E-state index is 5.22. The Hall–Kier alpha value is -2.57. The number of methoxy groups -OCH3 is 1. The highest BCUT2D eigenvalue weighted by atomic mass is 16.5. The Morgan fingerprint density at radius 1 is 1.22 bits per heavy atom. The Balaban J connectivity index is 1.81. The van der Waals surface area contributed by atoms with Gasteiger partial charge in [-0.3, -0.25) is 4.99 Å². The number of nitrogens with zero attached hydrogens (tertiary/aromatic N) is 4. The monoisotopic (exact) mass is 372 g/mol. The minimum absolute atomic E-state index is 0.451. The predicted molar refractivity (Wildman–Crippen MR) is 109 cm³/mol. The van der Waals surface area contributed by atoms with Crippen LogP contribution < -0.4 is 15.4 Å². The third kappa shape index (κ3) is 6.58. The highest BCUT2D eigenvalue weighted by Gasteiger charge is 2.06. The fraction of sp³-hybridized carbons (Fsp3) is 0.550. The van der Waals surface area contributed by atoms with Crippen LogP contribution >= 0.6 is 0 Å². The summed E-state index contributed by atoms with van der Waals surface area (Å²) in [5.41, 5.74) is 1.31. The van der Waals surface area contributed by atoms with E-state index in [1.165, 1.54) is 5.56 Å². The molecule has 1 heterocycles. The molecule has 0 aliphatic carbocycles. The third-order valence-electron chi connectivity index (χ3n) is 4.52. The number of aliphatic imine (C=N–C) groups is 1. The molecule has 0 fully saturated rings. The van der Waals surface area contributed by atoms with E-state index in [4.69, 9.17) is 9.73 Å². The molecule has 1 aromatic heterocycles. The maximum atomic E-state index is 5.22. The lowest BCUT2D eigenvalue weighted by Gasteiger charge is -2.14. The minimum Gasteiger partial charge on any atom is -0.497 e. The van der Waals surface area contributed by atoms with Crippen molar-refractivity contribution in [3.05, 3.63) is 42.0 Å². The van der Waals surface area contributed by atoms with Crippen LogP contribution in [0.4, 0.5) is 0 Å². The molecule has 1 atom stereocenters. The number of ether oxygens (including phenoxy) is 1. The standard InChI is InChI=1S/C20H32N6O/c1-5-19-25-24-15-26(19)14-13-23-20(21-6-2)22-12-11-16(3)17-7-9-18(27-4)10-8-17/h7-10,15-16H,5-6,11-14H2,1-4H3,(H2,21,22,23). The van der Waals surface area contributed by atoms with E-state index < -0.39 is 0 Å². The second-order valence-electron chi connectivity index (χ2n) is 6.44. The molecular formula is C20H32N6O. The van der Waals surface area contributed by atoms with Gasteiger partial charge < -0.3 is 19.9 Å². The van der Waals surface area contributed by atoms with Crippen molar-refractivity contribution in [2.45, 2.75) is 46.1 Å². The molecule has 0 spiro atoms. The summed E-state index contributed by atoms with van der Waals surface area (Å²) in [6, 6.07) is 8.27. The summed E-state index contributed by atoms with van der Waals surface area (Å²) in [5.74, 6) is 3.20. The van der Waals surface area contributed by atoms with E-state index in [0.717, 1.165) is 56.6 Å².